The van der Waals surface area contributed by atoms with E-state index < -0.39 is 41.4 Å². The Bertz CT molecular complexity index is 1230. The second-order valence-electron chi connectivity index (χ2n) is 8.81. The molecular formula is C25H19Cl3N2O4. The Hall–Kier alpha value is -2.67. The Kier molecular flexibility index (Phi) is 5.79. The van der Waals surface area contributed by atoms with Crippen molar-refractivity contribution in [1.29, 1.82) is 0 Å². The minimum atomic E-state index is -1.15. The molecule has 3 amide bonds. The summed E-state index contributed by atoms with van der Waals surface area (Å²) >= 11 is 18.1. The van der Waals surface area contributed by atoms with E-state index in [4.69, 9.17) is 34.8 Å². The van der Waals surface area contributed by atoms with Crippen molar-refractivity contribution in [1.82, 2.24) is 10.0 Å². The van der Waals surface area contributed by atoms with E-state index in [0.717, 1.165) is 16.4 Å². The van der Waals surface area contributed by atoms with Crippen LogP contribution in [0, 0.1) is 23.7 Å². The average Bonchev–Trinajstić information content (AvgIpc) is 3.51. The van der Waals surface area contributed by atoms with E-state index in [0.29, 0.717) is 10.6 Å². The van der Waals surface area contributed by atoms with Gasteiger partial charge < -0.3 is 0 Å². The van der Waals surface area contributed by atoms with Crippen molar-refractivity contribution in [3.05, 3.63) is 80.8 Å². The first kappa shape index (κ1) is 23.1. The SMILES string of the molecule is C[C@H](C(=O)c1ccc(Cl)cc1)N(C(=O)c1ccc(Cl)c(Cl)c1)N1C(=O)[C@H]2[C@H](C1=O)[C@H]1C=C[C@H]2C1. The fourth-order valence-electron chi connectivity index (χ4n) is 5.27. The normalized spacial score (nSPS) is 25.6. The molecule has 9 heteroatoms. The van der Waals surface area contributed by atoms with Gasteiger partial charge in [0.15, 0.2) is 5.78 Å². The van der Waals surface area contributed by atoms with Gasteiger partial charge in [-0.05, 0) is 67.6 Å². The molecule has 2 bridgehead atoms. The lowest BCUT2D eigenvalue weighted by atomic mass is 9.85. The van der Waals surface area contributed by atoms with Crippen LogP contribution in [0.2, 0.25) is 15.1 Å². The van der Waals surface area contributed by atoms with E-state index in [9.17, 15) is 19.2 Å². The Balaban J connectivity index is 1.56. The lowest BCUT2D eigenvalue weighted by Gasteiger charge is -2.35. The number of nitrogens with zero attached hydrogens (tertiary/aromatic N) is 2. The van der Waals surface area contributed by atoms with E-state index in [1.54, 1.807) is 12.1 Å². The van der Waals surface area contributed by atoms with Gasteiger partial charge in [-0.3, -0.25) is 19.2 Å². The molecule has 6 nitrogen and oxygen atoms in total. The highest BCUT2D eigenvalue weighted by molar-refractivity contribution is 6.42. The molecule has 2 aliphatic carbocycles. The van der Waals surface area contributed by atoms with Crippen molar-refractivity contribution >= 4 is 58.3 Å². The summed E-state index contributed by atoms with van der Waals surface area (Å²) < 4.78 is 0. The smallest absolute Gasteiger partial charge is 0.273 e. The molecule has 2 aromatic rings. The van der Waals surface area contributed by atoms with E-state index in [1.807, 2.05) is 12.2 Å². The molecule has 0 spiro atoms. The number of halogens is 3. The number of hydrogen-bond acceptors (Lipinski definition) is 4. The Morgan fingerprint density at radius 2 is 1.44 bits per heavy atom. The highest BCUT2D eigenvalue weighted by atomic mass is 35.5. The average molecular weight is 518 g/mol. The maximum atomic E-state index is 13.7. The maximum Gasteiger partial charge on any atom is 0.273 e. The number of fused-ring (bicyclic) bond motifs is 5. The number of Topliss-reactive ketones (excluding diaryl/α,β-unsaturated/α-hetero) is 1. The minimum Gasteiger partial charge on any atom is -0.292 e. The quantitative estimate of drug-likeness (QED) is 0.315. The molecular weight excluding hydrogens is 499 g/mol. The summed E-state index contributed by atoms with van der Waals surface area (Å²) in [7, 11) is 0. The zero-order valence-electron chi connectivity index (χ0n) is 18.0. The maximum absolute atomic E-state index is 13.7. The molecule has 174 valence electrons. The van der Waals surface area contributed by atoms with Gasteiger partial charge in [-0.15, -0.1) is 0 Å². The fourth-order valence-corrected chi connectivity index (χ4v) is 5.69. The van der Waals surface area contributed by atoms with Crippen LogP contribution in [0.4, 0.5) is 0 Å². The number of hydrogen-bond donors (Lipinski definition) is 0. The summed E-state index contributed by atoms with van der Waals surface area (Å²) in [5.74, 6) is -3.19. The third-order valence-corrected chi connectivity index (χ3v) is 7.90. The molecule has 0 unspecified atom stereocenters. The Morgan fingerprint density at radius 3 is 2.00 bits per heavy atom. The van der Waals surface area contributed by atoms with Gasteiger partial charge >= 0.3 is 0 Å². The largest absolute Gasteiger partial charge is 0.292 e. The topological polar surface area (TPSA) is 74.8 Å². The van der Waals surface area contributed by atoms with Gasteiger partial charge in [0.05, 0.1) is 21.9 Å². The highest BCUT2D eigenvalue weighted by Crippen LogP contribution is 2.53. The summed E-state index contributed by atoms with van der Waals surface area (Å²) in [5.41, 5.74) is 0.397. The van der Waals surface area contributed by atoms with Crippen LogP contribution in [0.1, 0.15) is 34.1 Å². The van der Waals surface area contributed by atoms with Gasteiger partial charge in [-0.1, -0.05) is 47.0 Å². The van der Waals surface area contributed by atoms with E-state index in [-0.39, 0.29) is 27.4 Å². The van der Waals surface area contributed by atoms with Crippen LogP contribution in [-0.4, -0.2) is 39.6 Å². The number of allylic oxidation sites excluding steroid dienone is 2. The van der Waals surface area contributed by atoms with Crippen LogP contribution >= 0.6 is 34.8 Å². The third-order valence-electron chi connectivity index (χ3n) is 6.91. The van der Waals surface area contributed by atoms with E-state index in [2.05, 4.69) is 0 Å². The summed E-state index contributed by atoms with van der Waals surface area (Å²) in [4.78, 5) is 54.1. The molecule has 2 fully saturated rings. The van der Waals surface area contributed by atoms with Crippen LogP contribution in [-0.2, 0) is 9.59 Å². The molecule has 1 aliphatic heterocycles. The third kappa shape index (κ3) is 3.56. The summed E-state index contributed by atoms with van der Waals surface area (Å²) in [6.45, 7) is 1.49. The van der Waals surface area contributed by atoms with Gasteiger partial charge in [0.1, 0.15) is 6.04 Å². The molecule has 1 saturated heterocycles. The second-order valence-corrected chi connectivity index (χ2v) is 10.1. The minimum absolute atomic E-state index is 0.0411. The first-order valence-electron chi connectivity index (χ1n) is 10.8. The number of carbonyl (C=O) groups excluding carboxylic acids is 4. The summed E-state index contributed by atoms with van der Waals surface area (Å²) in [5, 5.41) is 2.69. The predicted octanol–water partition coefficient (Wildman–Crippen LogP) is 5.08. The molecule has 0 N–H and O–H groups in total. The molecule has 3 aliphatic rings. The highest BCUT2D eigenvalue weighted by Gasteiger charge is 2.61. The molecule has 5 rings (SSSR count). The first-order valence-corrected chi connectivity index (χ1v) is 12.0. The molecule has 1 heterocycles. The molecule has 0 aromatic heterocycles. The van der Waals surface area contributed by atoms with Gasteiger partial charge in [0.25, 0.3) is 17.7 Å². The molecule has 0 radical (unpaired) electrons. The van der Waals surface area contributed by atoms with Crippen molar-refractivity contribution < 1.29 is 19.2 Å². The Labute approximate surface area is 211 Å². The Morgan fingerprint density at radius 1 is 0.882 bits per heavy atom. The second kappa shape index (κ2) is 8.52. The van der Waals surface area contributed by atoms with Crippen molar-refractivity contribution in [2.75, 3.05) is 0 Å². The zero-order valence-corrected chi connectivity index (χ0v) is 20.2. The molecule has 5 atom stereocenters. The van der Waals surface area contributed by atoms with Crippen molar-refractivity contribution in [2.45, 2.75) is 19.4 Å². The number of imide groups is 1. The number of rotatable bonds is 5. The molecule has 1 saturated carbocycles. The van der Waals surface area contributed by atoms with Crippen LogP contribution in [0.3, 0.4) is 0 Å². The monoisotopic (exact) mass is 516 g/mol. The summed E-state index contributed by atoms with van der Waals surface area (Å²) in [6.07, 6.45) is 4.68. The zero-order chi connectivity index (χ0) is 24.3. The van der Waals surface area contributed by atoms with Crippen molar-refractivity contribution in [3.8, 4) is 0 Å². The number of amides is 3. The van der Waals surface area contributed by atoms with Crippen LogP contribution in [0.15, 0.2) is 54.6 Å². The molecule has 34 heavy (non-hydrogen) atoms. The van der Waals surface area contributed by atoms with Crippen molar-refractivity contribution in [2.24, 2.45) is 23.7 Å². The van der Waals surface area contributed by atoms with Crippen molar-refractivity contribution in [3.63, 3.8) is 0 Å². The van der Waals surface area contributed by atoms with Crippen LogP contribution in [0.25, 0.3) is 0 Å². The first-order chi connectivity index (χ1) is 16.2. The van der Waals surface area contributed by atoms with Gasteiger partial charge in [0.2, 0.25) is 0 Å². The van der Waals surface area contributed by atoms with Gasteiger partial charge in [-0.25, -0.2) is 5.01 Å². The van der Waals surface area contributed by atoms with Crippen LogP contribution < -0.4 is 0 Å². The number of hydrazine groups is 1. The molecule has 2 aromatic carbocycles. The number of benzene rings is 2. The van der Waals surface area contributed by atoms with Gasteiger partial charge in [-0.2, -0.15) is 5.01 Å². The summed E-state index contributed by atoms with van der Waals surface area (Å²) in [6, 6.07) is 9.30. The van der Waals surface area contributed by atoms with Gasteiger partial charge in [0, 0.05) is 16.1 Å². The standard InChI is InChI=1S/C25H19Cl3N2O4/c1-12(22(31)13-4-7-17(26)8-5-13)29(23(32)16-6-9-18(27)19(28)11-16)30-24(33)20-14-2-3-15(10-14)21(20)25(30)34/h2-9,11-12,14-15,20-21H,10H2,1H3/t12-,14+,15+,20-,21-/m1/s1. The fraction of sp³-hybridized carbons (Fsp3) is 0.280. The lowest BCUT2D eigenvalue weighted by molar-refractivity contribution is -0.157. The lowest BCUT2D eigenvalue weighted by Crippen LogP contribution is -2.56. The number of ketones is 1. The van der Waals surface area contributed by atoms with Crippen LogP contribution in [0.5, 0.6) is 0 Å². The van der Waals surface area contributed by atoms with E-state index >= 15 is 0 Å². The van der Waals surface area contributed by atoms with E-state index in [1.165, 1.54) is 37.3 Å². The number of carbonyl (C=O) groups is 4. The predicted molar refractivity (Wildman–Crippen MR) is 127 cm³/mol.